The molecule has 0 aliphatic carbocycles. The molecule has 0 saturated carbocycles. The average molecular weight is 461 g/mol. The maximum absolute atomic E-state index is 12.5. The summed E-state index contributed by atoms with van der Waals surface area (Å²) < 4.78 is 3.74. The largest absolute Gasteiger partial charge is 0.478 e. The zero-order valence-electron chi connectivity index (χ0n) is 17.3. The number of aryl methyl sites for hydroxylation is 1. The smallest absolute Gasteiger partial charge is 0.339 e. The van der Waals surface area contributed by atoms with E-state index in [0.717, 1.165) is 37.5 Å². The Hall–Kier alpha value is -3.05. The summed E-state index contributed by atoms with van der Waals surface area (Å²) in [6.07, 6.45) is 4.94. The van der Waals surface area contributed by atoms with Gasteiger partial charge in [0.15, 0.2) is 0 Å². The fourth-order valence-electron chi connectivity index (χ4n) is 3.19. The number of aromatic nitrogens is 2. The van der Waals surface area contributed by atoms with Gasteiger partial charge in [0.1, 0.15) is 16.3 Å². The predicted molar refractivity (Wildman–Crippen MR) is 124 cm³/mol. The third kappa shape index (κ3) is 5.17. The standard InChI is InChI=1S/C20H24N6O3S2/c1-11(21)14(9-22-13(3)26-7-5-4-6-8-26)18-16(20(28)29)15(10-30-18)23-19(27)17-12(2)24-25-31-17/h9-10H,3-8,21H2,1-2H3,(H,23,27)(H,28,29)/b14-11+,22-9-. The molecule has 1 amide bonds. The zero-order valence-corrected chi connectivity index (χ0v) is 19.0. The Kier molecular flexibility index (Phi) is 7.18. The van der Waals surface area contributed by atoms with E-state index in [9.17, 15) is 14.7 Å². The summed E-state index contributed by atoms with van der Waals surface area (Å²) in [6.45, 7) is 9.18. The van der Waals surface area contributed by atoms with Crippen LogP contribution in [0, 0.1) is 6.92 Å². The lowest BCUT2D eigenvalue weighted by Gasteiger charge is -2.28. The van der Waals surface area contributed by atoms with Crippen molar-refractivity contribution in [2.45, 2.75) is 33.1 Å². The van der Waals surface area contributed by atoms with Crippen LogP contribution >= 0.6 is 22.9 Å². The molecule has 0 bridgehead atoms. The monoisotopic (exact) mass is 460 g/mol. The van der Waals surface area contributed by atoms with Crippen molar-refractivity contribution in [3.05, 3.63) is 44.5 Å². The fraction of sp³-hybridized carbons (Fsp3) is 0.350. The van der Waals surface area contributed by atoms with Crippen LogP contribution in [0.4, 0.5) is 5.69 Å². The number of likely N-dealkylation sites (tertiary alicyclic amines) is 1. The van der Waals surface area contributed by atoms with Gasteiger partial charge in [-0.15, -0.1) is 16.4 Å². The first kappa shape index (κ1) is 22.6. The number of thiophene rings is 1. The van der Waals surface area contributed by atoms with Gasteiger partial charge < -0.3 is 21.1 Å². The topological polar surface area (TPSA) is 134 Å². The SMILES string of the molecule is C=C(/N=C\C(=C(\C)N)c1scc(NC(=O)c2snnc2C)c1C(=O)O)N1CCCCC1. The molecular weight excluding hydrogens is 436 g/mol. The molecule has 0 radical (unpaired) electrons. The van der Waals surface area contributed by atoms with Crippen molar-refractivity contribution >= 4 is 52.2 Å². The predicted octanol–water partition coefficient (Wildman–Crippen LogP) is 3.58. The molecule has 1 fully saturated rings. The summed E-state index contributed by atoms with van der Waals surface area (Å²) in [5, 5.41) is 17.9. The third-order valence-electron chi connectivity index (χ3n) is 4.84. The molecule has 4 N–H and O–H groups in total. The number of nitrogens with zero attached hydrogens (tertiary/aromatic N) is 4. The lowest BCUT2D eigenvalue weighted by atomic mass is 10.1. The Labute approximate surface area is 188 Å². The van der Waals surface area contributed by atoms with Gasteiger partial charge in [0.05, 0.1) is 16.3 Å². The minimum Gasteiger partial charge on any atom is -0.478 e. The molecule has 1 aliphatic rings. The second-order valence-corrected chi connectivity index (χ2v) is 8.75. The van der Waals surface area contributed by atoms with Crippen LogP contribution in [-0.4, -0.2) is 50.8 Å². The van der Waals surface area contributed by atoms with Gasteiger partial charge in [0.25, 0.3) is 5.91 Å². The van der Waals surface area contributed by atoms with E-state index in [-0.39, 0.29) is 11.3 Å². The number of nitrogens with one attached hydrogen (secondary N) is 1. The number of rotatable bonds is 7. The van der Waals surface area contributed by atoms with Gasteiger partial charge in [-0.05, 0) is 44.6 Å². The quantitative estimate of drug-likeness (QED) is 0.538. The molecule has 0 aromatic carbocycles. The highest BCUT2D eigenvalue weighted by molar-refractivity contribution is 7.12. The first-order chi connectivity index (χ1) is 14.8. The van der Waals surface area contributed by atoms with Crippen LogP contribution in [0.2, 0.25) is 0 Å². The number of carbonyl (C=O) groups is 2. The highest BCUT2D eigenvalue weighted by atomic mass is 32.1. The Morgan fingerprint density at radius 2 is 2.03 bits per heavy atom. The van der Waals surface area contributed by atoms with Crippen LogP contribution in [-0.2, 0) is 0 Å². The van der Waals surface area contributed by atoms with E-state index in [1.807, 2.05) is 0 Å². The molecule has 0 spiro atoms. The maximum atomic E-state index is 12.5. The van der Waals surface area contributed by atoms with Gasteiger partial charge in [-0.1, -0.05) is 11.1 Å². The Morgan fingerprint density at radius 3 is 2.61 bits per heavy atom. The van der Waals surface area contributed by atoms with E-state index in [2.05, 4.69) is 31.4 Å². The highest BCUT2D eigenvalue weighted by Crippen LogP contribution is 2.34. The summed E-state index contributed by atoms with van der Waals surface area (Å²) in [5.74, 6) is -1.01. The van der Waals surface area contributed by atoms with Gasteiger partial charge in [-0.2, -0.15) is 0 Å². The number of amides is 1. The van der Waals surface area contributed by atoms with E-state index in [4.69, 9.17) is 5.73 Å². The third-order valence-corrected chi connectivity index (χ3v) is 6.68. The molecule has 0 atom stereocenters. The van der Waals surface area contributed by atoms with Crippen LogP contribution in [0.15, 0.2) is 28.5 Å². The number of nitrogens with two attached hydrogens (primary N) is 1. The molecule has 0 unspecified atom stereocenters. The summed E-state index contributed by atoms with van der Waals surface area (Å²) in [6, 6.07) is 0. The minimum atomic E-state index is -1.17. The van der Waals surface area contributed by atoms with E-state index in [0.29, 0.717) is 32.5 Å². The zero-order chi connectivity index (χ0) is 22.5. The van der Waals surface area contributed by atoms with Crippen molar-refractivity contribution in [1.29, 1.82) is 0 Å². The number of anilines is 1. The van der Waals surface area contributed by atoms with Crippen LogP contribution < -0.4 is 11.1 Å². The molecular formula is C20H24N6O3S2. The first-order valence-electron chi connectivity index (χ1n) is 9.69. The Bertz CT molecular complexity index is 1060. The van der Waals surface area contributed by atoms with E-state index < -0.39 is 11.9 Å². The summed E-state index contributed by atoms with van der Waals surface area (Å²) >= 11 is 2.13. The normalized spacial score (nSPS) is 15.1. The summed E-state index contributed by atoms with van der Waals surface area (Å²) in [5.41, 5.74) is 7.60. The fourth-order valence-corrected chi connectivity index (χ4v) is 4.81. The molecule has 1 saturated heterocycles. The van der Waals surface area contributed by atoms with Gasteiger partial charge in [0, 0.05) is 36.0 Å². The number of aliphatic imine (C=N–C) groups is 1. The molecule has 3 heterocycles. The van der Waals surface area contributed by atoms with E-state index in [1.165, 1.54) is 17.8 Å². The Balaban J connectivity index is 1.89. The number of piperidine rings is 1. The van der Waals surface area contributed by atoms with Crippen molar-refractivity contribution in [2.75, 3.05) is 18.4 Å². The van der Waals surface area contributed by atoms with Crippen molar-refractivity contribution in [1.82, 2.24) is 14.5 Å². The first-order valence-corrected chi connectivity index (χ1v) is 11.3. The van der Waals surface area contributed by atoms with E-state index >= 15 is 0 Å². The van der Waals surface area contributed by atoms with E-state index in [1.54, 1.807) is 25.4 Å². The number of hydrogen-bond donors (Lipinski definition) is 3. The molecule has 31 heavy (non-hydrogen) atoms. The van der Waals surface area contributed by atoms with Crippen LogP contribution in [0.25, 0.3) is 5.57 Å². The van der Waals surface area contributed by atoms with Gasteiger partial charge in [-0.25, -0.2) is 9.79 Å². The average Bonchev–Trinajstić information content (AvgIpc) is 3.34. The van der Waals surface area contributed by atoms with Gasteiger partial charge in [-0.3, -0.25) is 4.79 Å². The molecule has 11 heteroatoms. The summed E-state index contributed by atoms with van der Waals surface area (Å²) in [4.78, 5) is 31.9. The molecule has 2 aromatic rings. The van der Waals surface area contributed by atoms with Gasteiger partial charge in [0.2, 0.25) is 0 Å². The Morgan fingerprint density at radius 1 is 1.32 bits per heavy atom. The number of carboxylic acids is 1. The molecule has 3 rings (SSSR count). The minimum absolute atomic E-state index is 0.0386. The van der Waals surface area contributed by atoms with Crippen molar-refractivity contribution in [3.8, 4) is 0 Å². The van der Waals surface area contributed by atoms with Crippen molar-refractivity contribution < 1.29 is 14.7 Å². The molecule has 9 nitrogen and oxygen atoms in total. The lowest BCUT2D eigenvalue weighted by molar-refractivity contribution is 0.0698. The molecule has 164 valence electrons. The van der Waals surface area contributed by atoms with Crippen LogP contribution in [0.5, 0.6) is 0 Å². The second-order valence-electron chi connectivity index (χ2n) is 7.12. The lowest BCUT2D eigenvalue weighted by Crippen LogP contribution is -2.27. The number of hydrogen-bond acceptors (Lipinski definition) is 9. The second kappa shape index (κ2) is 9.84. The number of aromatic carboxylic acids is 1. The highest BCUT2D eigenvalue weighted by Gasteiger charge is 2.24. The van der Waals surface area contributed by atoms with Crippen molar-refractivity contribution in [3.63, 3.8) is 0 Å². The van der Waals surface area contributed by atoms with Crippen LogP contribution in [0.3, 0.4) is 0 Å². The van der Waals surface area contributed by atoms with Crippen molar-refractivity contribution in [2.24, 2.45) is 10.7 Å². The number of carboxylic acid groups (broad SMARTS) is 1. The summed E-state index contributed by atoms with van der Waals surface area (Å²) in [7, 11) is 0. The number of carbonyl (C=O) groups excluding carboxylic acids is 1. The maximum Gasteiger partial charge on any atom is 0.339 e. The molecule has 2 aromatic heterocycles. The molecule has 1 aliphatic heterocycles. The van der Waals surface area contributed by atoms with Gasteiger partial charge >= 0.3 is 5.97 Å². The van der Waals surface area contributed by atoms with Crippen LogP contribution in [0.1, 0.15) is 56.8 Å². The number of allylic oxidation sites excluding steroid dienone is 2.